The van der Waals surface area contributed by atoms with Crippen LogP contribution in [0.25, 0.3) is 55.6 Å². The van der Waals surface area contributed by atoms with Gasteiger partial charge in [0.05, 0.1) is 12.3 Å². The summed E-state index contributed by atoms with van der Waals surface area (Å²) in [5.74, 6) is 1.76. The number of ether oxygens (including phenoxy) is 1. The number of aryl methyl sites for hydroxylation is 1. The molecular formula is C38H38N2O3. The van der Waals surface area contributed by atoms with Gasteiger partial charge in [-0.15, -0.1) is 0 Å². The van der Waals surface area contributed by atoms with E-state index in [1.54, 1.807) is 6.08 Å². The second-order valence-electron chi connectivity index (χ2n) is 11.8. The van der Waals surface area contributed by atoms with Crippen molar-refractivity contribution in [3.63, 3.8) is 0 Å². The van der Waals surface area contributed by atoms with Gasteiger partial charge >= 0.3 is 0 Å². The Morgan fingerprint density at radius 1 is 0.907 bits per heavy atom. The van der Waals surface area contributed by atoms with E-state index in [0.717, 1.165) is 76.3 Å². The van der Waals surface area contributed by atoms with Crippen LogP contribution in [-0.2, 0) is 6.42 Å². The second kappa shape index (κ2) is 11.7. The fourth-order valence-electron chi connectivity index (χ4n) is 6.63. The van der Waals surface area contributed by atoms with Crippen LogP contribution in [0, 0.1) is 5.92 Å². The molecule has 1 unspecified atom stereocenters. The van der Waals surface area contributed by atoms with Crippen LogP contribution in [0.4, 0.5) is 0 Å². The van der Waals surface area contributed by atoms with E-state index in [9.17, 15) is 5.11 Å². The number of aromatic nitrogens is 2. The predicted octanol–water partition coefficient (Wildman–Crippen LogP) is 10.4. The molecule has 0 amide bonds. The van der Waals surface area contributed by atoms with Crippen LogP contribution < -0.4 is 4.74 Å². The summed E-state index contributed by atoms with van der Waals surface area (Å²) in [6, 6.07) is 16.9. The van der Waals surface area contributed by atoms with Crippen LogP contribution in [-0.4, -0.2) is 21.7 Å². The number of allylic oxidation sites excluding steroid dienone is 4. The zero-order chi connectivity index (χ0) is 29.3. The lowest BCUT2D eigenvalue weighted by Gasteiger charge is -2.18. The number of unbranched alkanes of at least 4 members (excludes halogenated alkanes) is 1. The van der Waals surface area contributed by atoms with E-state index in [4.69, 9.17) is 19.1 Å². The highest BCUT2D eigenvalue weighted by Gasteiger charge is 2.22. The summed E-state index contributed by atoms with van der Waals surface area (Å²) >= 11 is 0. The zero-order valence-electron chi connectivity index (χ0n) is 25.0. The average Bonchev–Trinajstić information content (AvgIpc) is 3.44. The molecule has 5 heteroatoms. The maximum absolute atomic E-state index is 10.8. The lowest BCUT2D eigenvalue weighted by molar-refractivity contribution is 0.225. The first-order valence-electron chi connectivity index (χ1n) is 15.8. The molecule has 2 heterocycles. The van der Waals surface area contributed by atoms with Gasteiger partial charge in [0, 0.05) is 28.0 Å². The Morgan fingerprint density at radius 2 is 1.74 bits per heavy atom. The third-order valence-corrected chi connectivity index (χ3v) is 9.05. The summed E-state index contributed by atoms with van der Waals surface area (Å²) in [4.78, 5) is 9.89. The largest absolute Gasteiger partial charge is 0.508 e. The van der Waals surface area contributed by atoms with Crippen LogP contribution in [0.2, 0.25) is 0 Å². The molecule has 5 nitrogen and oxygen atoms in total. The summed E-state index contributed by atoms with van der Waals surface area (Å²) < 4.78 is 12.9. The van der Waals surface area contributed by atoms with Crippen LogP contribution in [0.3, 0.4) is 0 Å². The summed E-state index contributed by atoms with van der Waals surface area (Å²) in [5, 5.41) is 15.4. The van der Waals surface area contributed by atoms with Crippen molar-refractivity contribution in [3.8, 4) is 17.1 Å². The van der Waals surface area contributed by atoms with Gasteiger partial charge in [-0.1, -0.05) is 81.7 Å². The SMILES string of the molecule is CCCCC(CC)COc1cc(-c2cc3oc4ccc5c(c4c3c3ccccc23)CCC=C5)nc(C2=C(O)C=CCC2)n1. The summed E-state index contributed by atoms with van der Waals surface area (Å²) in [5.41, 5.74) is 6.88. The van der Waals surface area contributed by atoms with E-state index in [2.05, 4.69) is 68.5 Å². The number of furan rings is 1. The van der Waals surface area contributed by atoms with Gasteiger partial charge in [-0.3, -0.25) is 0 Å². The molecule has 0 saturated carbocycles. The molecule has 3 aromatic carbocycles. The quantitative estimate of drug-likeness (QED) is 0.191. The molecule has 1 N–H and O–H groups in total. The van der Waals surface area contributed by atoms with Crippen molar-refractivity contribution < 1.29 is 14.3 Å². The Bertz CT molecular complexity index is 1930. The Hall–Kier alpha value is -4.38. The average molecular weight is 571 g/mol. The van der Waals surface area contributed by atoms with Crippen LogP contribution in [0.1, 0.15) is 75.7 Å². The van der Waals surface area contributed by atoms with Crippen molar-refractivity contribution in [3.05, 3.63) is 89.5 Å². The van der Waals surface area contributed by atoms with Gasteiger partial charge in [0.25, 0.3) is 0 Å². The summed E-state index contributed by atoms with van der Waals surface area (Å²) in [7, 11) is 0. The fourth-order valence-corrected chi connectivity index (χ4v) is 6.63. The van der Waals surface area contributed by atoms with Crippen molar-refractivity contribution in [1.82, 2.24) is 9.97 Å². The first-order chi connectivity index (χ1) is 21.1. The van der Waals surface area contributed by atoms with Crippen molar-refractivity contribution in [1.29, 1.82) is 0 Å². The molecule has 0 bridgehead atoms. The lowest BCUT2D eigenvalue weighted by Crippen LogP contribution is -2.13. The monoisotopic (exact) mass is 570 g/mol. The number of fused-ring (bicyclic) bond motifs is 7. The number of nitrogens with zero attached hydrogens (tertiary/aromatic N) is 2. The Labute approximate surface area is 252 Å². The molecule has 1 atom stereocenters. The number of benzene rings is 3. The molecule has 218 valence electrons. The minimum Gasteiger partial charge on any atom is -0.508 e. The topological polar surface area (TPSA) is 68.4 Å². The van der Waals surface area contributed by atoms with E-state index in [1.165, 1.54) is 29.4 Å². The minimum atomic E-state index is 0.222. The maximum atomic E-state index is 10.8. The van der Waals surface area contributed by atoms with Gasteiger partial charge in [-0.2, -0.15) is 4.98 Å². The van der Waals surface area contributed by atoms with E-state index in [-0.39, 0.29) is 5.76 Å². The number of aliphatic hydroxyl groups is 1. The molecule has 0 radical (unpaired) electrons. The van der Waals surface area contributed by atoms with Crippen molar-refractivity contribution in [2.45, 2.75) is 65.2 Å². The predicted molar refractivity (Wildman–Crippen MR) is 176 cm³/mol. The maximum Gasteiger partial charge on any atom is 0.217 e. The van der Waals surface area contributed by atoms with E-state index < -0.39 is 0 Å². The summed E-state index contributed by atoms with van der Waals surface area (Å²) in [6.45, 7) is 5.06. The molecule has 43 heavy (non-hydrogen) atoms. The molecule has 0 spiro atoms. The Balaban J connectivity index is 1.41. The van der Waals surface area contributed by atoms with Crippen molar-refractivity contribution in [2.75, 3.05) is 6.61 Å². The molecular weight excluding hydrogens is 532 g/mol. The number of hydrogen-bond acceptors (Lipinski definition) is 5. The summed E-state index contributed by atoms with van der Waals surface area (Å²) in [6.07, 6.45) is 16.4. The number of rotatable bonds is 9. The first-order valence-corrected chi connectivity index (χ1v) is 15.8. The fraction of sp³-hybridized carbons (Fsp3) is 0.316. The lowest BCUT2D eigenvalue weighted by atomic mass is 9.90. The van der Waals surface area contributed by atoms with Gasteiger partial charge < -0.3 is 14.3 Å². The van der Waals surface area contributed by atoms with Crippen molar-refractivity contribution in [2.24, 2.45) is 5.92 Å². The number of aliphatic hydroxyl groups excluding tert-OH is 1. The molecule has 7 rings (SSSR count). The van der Waals surface area contributed by atoms with Crippen LogP contribution in [0.5, 0.6) is 5.88 Å². The van der Waals surface area contributed by atoms with Gasteiger partial charge in [0.1, 0.15) is 16.9 Å². The third kappa shape index (κ3) is 5.11. The first kappa shape index (κ1) is 27.5. The zero-order valence-corrected chi connectivity index (χ0v) is 25.0. The molecule has 0 aliphatic heterocycles. The molecule has 2 aliphatic carbocycles. The molecule has 2 aromatic heterocycles. The highest BCUT2D eigenvalue weighted by molar-refractivity contribution is 6.23. The molecule has 2 aliphatic rings. The number of hydrogen-bond donors (Lipinski definition) is 1. The van der Waals surface area contributed by atoms with Gasteiger partial charge in [-0.25, -0.2) is 4.98 Å². The van der Waals surface area contributed by atoms with Gasteiger partial charge in [0.15, 0.2) is 5.82 Å². The van der Waals surface area contributed by atoms with Crippen LogP contribution >= 0.6 is 0 Å². The van der Waals surface area contributed by atoms with E-state index in [1.807, 2.05) is 12.1 Å². The smallest absolute Gasteiger partial charge is 0.217 e. The highest BCUT2D eigenvalue weighted by Crippen LogP contribution is 2.43. The Morgan fingerprint density at radius 3 is 2.58 bits per heavy atom. The van der Waals surface area contributed by atoms with Gasteiger partial charge in [0.2, 0.25) is 5.88 Å². The van der Waals surface area contributed by atoms with Crippen LogP contribution in [0.15, 0.2) is 76.9 Å². The minimum absolute atomic E-state index is 0.222. The van der Waals surface area contributed by atoms with E-state index in [0.29, 0.717) is 30.7 Å². The molecule has 5 aromatic rings. The standard InChI is InChI=1S/C38H38N2O3/c1-3-5-12-24(4-2)23-42-35-22-31(39-38(40-35)29-17-10-11-18-32(29)41)30-21-34-37(28-16-9-8-15-27(28)30)36-26-14-7-6-13-25(26)19-20-33(36)43-34/h6,8-9,11,13,15-16,18-22,24,41H,3-5,7,10,12,14,17,23H2,1-2H3. The van der Waals surface area contributed by atoms with E-state index >= 15 is 0 Å². The molecule has 0 saturated heterocycles. The van der Waals surface area contributed by atoms with Crippen molar-refractivity contribution >= 4 is 44.4 Å². The molecule has 0 fully saturated rings. The van der Waals surface area contributed by atoms with Gasteiger partial charge in [-0.05, 0) is 78.1 Å². The second-order valence-corrected chi connectivity index (χ2v) is 11.8. The third-order valence-electron chi connectivity index (χ3n) is 9.05. The normalized spacial score (nSPS) is 15.5. The Kier molecular flexibility index (Phi) is 7.48. The highest BCUT2D eigenvalue weighted by atomic mass is 16.5.